The van der Waals surface area contributed by atoms with Gasteiger partial charge >= 0.3 is 0 Å². The molecular formula is C24H25FN2O3S. The summed E-state index contributed by atoms with van der Waals surface area (Å²) in [5.41, 5.74) is 3.63. The van der Waals surface area contributed by atoms with Crippen LogP contribution in [0.3, 0.4) is 0 Å². The van der Waals surface area contributed by atoms with Crippen molar-refractivity contribution in [1.29, 1.82) is 0 Å². The summed E-state index contributed by atoms with van der Waals surface area (Å²) in [5.74, 6) is -0.633. The van der Waals surface area contributed by atoms with E-state index in [1.54, 1.807) is 36.4 Å². The van der Waals surface area contributed by atoms with Gasteiger partial charge in [0, 0.05) is 5.56 Å². The van der Waals surface area contributed by atoms with Crippen LogP contribution in [0.4, 0.5) is 10.1 Å². The van der Waals surface area contributed by atoms with Crippen molar-refractivity contribution in [2.45, 2.75) is 26.4 Å². The summed E-state index contributed by atoms with van der Waals surface area (Å²) in [6, 6.07) is 19.7. The van der Waals surface area contributed by atoms with Crippen LogP contribution in [0.2, 0.25) is 0 Å². The lowest BCUT2D eigenvalue weighted by atomic mass is 10.1. The molecule has 1 amide bonds. The summed E-state index contributed by atoms with van der Waals surface area (Å²) in [4.78, 5) is 12.6. The van der Waals surface area contributed by atoms with Gasteiger partial charge in [-0.2, -0.15) is 0 Å². The number of aryl methyl sites for hydroxylation is 1. The fraction of sp³-hybridized carbons (Fsp3) is 0.208. The van der Waals surface area contributed by atoms with Crippen LogP contribution in [-0.4, -0.2) is 20.6 Å². The first-order valence-corrected chi connectivity index (χ1v) is 11.7. The van der Waals surface area contributed by atoms with Crippen molar-refractivity contribution >= 4 is 21.6 Å². The number of halogens is 1. The Labute approximate surface area is 182 Å². The summed E-state index contributed by atoms with van der Waals surface area (Å²) in [7, 11) is -3.52. The molecule has 5 nitrogen and oxygen atoms in total. The van der Waals surface area contributed by atoms with E-state index < -0.39 is 10.0 Å². The number of rotatable bonds is 7. The van der Waals surface area contributed by atoms with E-state index in [1.165, 1.54) is 16.4 Å². The largest absolute Gasteiger partial charge is 0.346 e. The monoisotopic (exact) mass is 440 g/mol. The maximum atomic E-state index is 13.1. The third kappa shape index (κ3) is 5.92. The molecule has 0 bridgehead atoms. The second kappa shape index (κ2) is 9.31. The Morgan fingerprint density at radius 1 is 0.968 bits per heavy atom. The summed E-state index contributed by atoms with van der Waals surface area (Å²) in [6.07, 6.45) is 1.16. The minimum Gasteiger partial charge on any atom is -0.346 e. The smallest absolute Gasteiger partial charge is 0.251 e. The molecule has 0 aliphatic heterocycles. The van der Waals surface area contributed by atoms with Crippen molar-refractivity contribution in [2.75, 3.05) is 10.6 Å². The standard InChI is InChI=1S/C24H25FN2O3S/c1-17-4-6-19(7-5-17)16-27(31(3,29)30)23-14-10-21(11-15-23)24(28)26-18(2)20-8-12-22(25)13-9-20/h4-15,18H,16H2,1-3H3,(H,26,28)/t18-/m0/s1. The van der Waals surface area contributed by atoms with Crippen LogP contribution in [0.15, 0.2) is 72.8 Å². The van der Waals surface area contributed by atoms with E-state index in [2.05, 4.69) is 5.32 Å². The molecule has 31 heavy (non-hydrogen) atoms. The Kier molecular flexibility index (Phi) is 6.75. The predicted molar refractivity (Wildman–Crippen MR) is 121 cm³/mol. The van der Waals surface area contributed by atoms with Gasteiger partial charge in [-0.1, -0.05) is 42.0 Å². The third-order valence-electron chi connectivity index (χ3n) is 4.98. The molecule has 0 saturated carbocycles. The molecule has 0 saturated heterocycles. The van der Waals surface area contributed by atoms with E-state index in [-0.39, 0.29) is 24.3 Å². The summed E-state index contributed by atoms with van der Waals surface area (Å²) >= 11 is 0. The Morgan fingerprint density at radius 2 is 1.55 bits per heavy atom. The second-order valence-corrected chi connectivity index (χ2v) is 9.46. The lowest BCUT2D eigenvalue weighted by Gasteiger charge is -2.23. The van der Waals surface area contributed by atoms with Gasteiger partial charge < -0.3 is 5.32 Å². The molecule has 1 atom stereocenters. The number of hydrogen-bond acceptors (Lipinski definition) is 3. The van der Waals surface area contributed by atoms with Gasteiger partial charge in [-0.15, -0.1) is 0 Å². The summed E-state index contributed by atoms with van der Waals surface area (Å²) in [6.45, 7) is 3.98. The number of nitrogens with zero attached hydrogens (tertiary/aromatic N) is 1. The van der Waals surface area contributed by atoms with Gasteiger partial charge in [-0.05, 0) is 61.4 Å². The van der Waals surface area contributed by atoms with Crippen molar-refractivity contribution in [3.63, 3.8) is 0 Å². The molecule has 0 aliphatic carbocycles. The lowest BCUT2D eigenvalue weighted by Crippen LogP contribution is -2.29. The first-order valence-electron chi connectivity index (χ1n) is 9.83. The summed E-state index contributed by atoms with van der Waals surface area (Å²) < 4.78 is 39.1. The van der Waals surface area contributed by atoms with Crippen LogP contribution >= 0.6 is 0 Å². The highest BCUT2D eigenvalue weighted by atomic mass is 32.2. The molecule has 1 N–H and O–H groups in total. The third-order valence-corrected chi connectivity index (χ3v) is 6.12. The predicted octanol–water partition coefficient (Wildman–Crippen LogP) is 4.59. The normalized spacial score (nSPS) is 12.3. The number of carbonyl (C=O) groups is 1. The van der Waals surface area contributed by atoms with Gasteiger partial charge in [0.25, 0.3) is 5.91 Å². The van der Waals surface area contributed by atoms with Gasteiger partial charge in [0.1, 0.15) is 5.82 Å². The number of anilines is 1. The summed E-state index contributed by atoms with van der Waals surface area (Å²) in [5, 5.41) is 2.86. The molecule has 162 valence electrons. The molecule has 3 aromatic carbocycles. The van der Waals surface area contributed by atoms with Crippen molar-refractivity contribution in [2.24, 2.45) is 0 Å². The number of carbonyl (C=O) groups excluding carboxylic acids is 1. The zero-order chi connectivity index (χ0) is 22.6. The lowest BCUT2D eigenvalue weighted by molar-refractivity contribution is 0.0940. The van der Waals surface area contributed by atoms with E-state index in [1.807, 2.05) is 38.1 Å². The van der Waals surface area contributed by atoms with E-state index in [4.69, 9.17) is 0 Å². The fourth-order valence-electron chi connectivity index (χ4n) is 3.15. The fourth-order valence-corrected chi connectivity index (χ4v) is 4.04. The van der Waals surface area contributed by atoms with Gasteiger partial charge in [0.15, 0.2) is 0 Å². The van der Waals surface area contributed by atoms with Crippen molar-refractivity contribution in [3.8, 4) is 0 Å². The quantitative estimate of drug-likeness (QED) is 0.584. The minimum absolute atomic E-state index is 0.201. The maximum Gasteiger partial charge on any atom is 0.251 e. The Bertz CT molecular complexity index is 1140. The van der Waals surface area contributed by atoms with Gasteiger partial charge in [0.2, 0.25) is 10.0 Å². The van der Waals surface area contributed by atoms with Crippen molar-refractivity contribution in [3.05, 3.63) is 101 Å². The molecule has 3 aromatic rings. The van der Waals surface area contributed by atoms with Crippen LogP contribution in [0, 0.1) is 12.7 Å². The minimum atomic E-state index is -3.52. The van der Waals surface area contributed by atoms with Crippen molar-refractivity contribution < 1.29 is 17.6 Å². The highest BCUT2D eigenvalue weighted by molar-refractivity contribution is 7.92. The number of nitrogens with one attached hydrogen (secondary N) is 1. The number of amides is 1. The molecule has 3 rings (SSSR count). The molecule has 0 unspecified atom stereocenters. The Balaban J connectivity index is 1.75. The van der Waals surface area contributed by atoms with Crippen LogP contribution in [0.1, 0.15) is 40.0 Å². The number of sulfonamides is 1. The molecule has 7 heteroatoms. The van der Waals surface area contributed by atoms with E-state index in [0.717, 1.165) is 22.9 Å². The topological polar surface area (TPSA) is 66.5 Å². The average Bonchev–Trinajstić information content (AvgIpc) is 2.73. The highest BCUT2D eigenvalue weighted by Crippen LogP contribution is 2.22. The van der Waals surface area contributed by atoms with Gasteiger partial charge in [0.05, 0.1) is 24.5 Å². The molecule has 0 aromatic heterocycles. The number of hydrogen-bond donors (Lipinski definition) is 1. The zero-order valence-electron chi connectivity index (χ0n) is 17.7. The molecule has 0 aliphatic rings. The van der Waals surface area contributed by atoms with E-state index in [9.17, 15) is 17.6 Å². The zero-order valence-corrected chi connectivity index (χ0v) is 18.5. The Hall–Kier alpha value is -3.19. The van der Waals surface area contributed by atoms with Crippen LogP contribution in [-0.2, 0) is 16.6 Å². The molecule has 0 spiro atoms. The molecule has 0 fully saturated rings. The van der Waals surface area contributed by atoms with E-state index in [0.29, 0.717) is 11.3 Å². The molecular weight excluding hydrogens is 415 g/mol. The maximum absolute atomic E-state index is 13.1. The molecule has 0 radical (unpaired) electrons. The average molecular weight is 441 g/mol. The van der Waals surface area contributed by atoms with Gasteiger partial charge in [-0.3, -0.25) is 9.10 Å². The first kappa shape index (κ1) is 22.5. The van der Waals surface area contributed by atoms with Gasteiger partial charge in [-0.25, -0.2) is 12.8 Å². The van der Waals surface area contributed by atoms with Crippen LogP contribution in [0.25, 0.3) is 0 Å². The SMILES string of the molecule is Cc1ccc(CN(c2ccc(C(=O)N[C@@H](C)c3ccc(F)cc3)cc2)S(C)(=O)=O)cc1. The number of benzene rings is 3. The van der Waals surface area contributed by atoms with Crippen LogP contribution in [0.5, 0.6) is 0 Å². The highest BCUT2D eigenvalue weighted by Gasteiger charge is 2.19. The second-order valence-electron chi connectivity index (χ2n) is 7.55. The Morgan fingerprint density at radius 3 is 2.10 bits per heavy atom. The molecule has 0 heterocycles. The first-order chi connectivity index (χ1) is 14.6. The van der Waals surface area contributed by atoms with E-state index >= 15 is 0 Å². The van der Waals surface area contributed by atoms with Crippen molar-refractivity contribution in [1.82, 2.24) is 5.32 Å². The van der Waals surface area contributed by atoms with Crippen LogP contribution < -0.4 is 9.62 Å².